The summed E-state index contributed by atoms with van der Waals surface area (Å²) in [7, 11) is -1.28. The number of carboxylic acids is 1. The maximum absolute atomic E-state index is 12.2. The van der Waals surface area contributed by atoms with Gasteiger partial charge in [-0.3, -0.25) is 9.00 Å². The van der Waals surface area contributed by atoms with Crippen LogP contribution in [0, 0.1) is 0 Å². The Balaban J connectivity index is 2.10. The average molecular weight is 303 g/mol. The smallest absolute Gasteiger partial charge is 0.335 e. The van der Waals surface area contributed by atoms with Crippen molar-refractivity contribution in [3.63, 3.8) is 0 Å². The lowest BCUT2D eigenvalue weighted by atomic mass is 10.1. The zero-order chi connectivity index (χ0) is 15.4. The summed E-state index contributed by atoms with van der Waals surface area (Å²) in [6.07, 6.45) is 0. The molecule has 0 radical (unpaired) electrons. The van der Waals surface area contributed by atoms with Gasteiger partial charge in [-0.25, -0.2) is 4.79 Å². The fourth-order valence-electron chi connectivity index (χ4n) is 1.75. The van der Waals surface area contributed by atoms with Gasteiger partial charge in [0.1, 0.15) is 0 Å². The second kappa shape index (κ2) is 6.32. The quantitative estimate of drug-likeness (QED) is 0.880. The second-order valence-corrected chi connectivity index (χ2v) is 5.83. The molecule has 2 aromatic rings. The normalized spacial score (nSPS) is 11.8. The van der Waals surface area contributed by atoms with E-state index in [1.807, 2.05) is 0 Å². The van der Waals surface area contributed by atoms with Crippen molar-refractivity contribution in [1.29, 1.82) is 0 Å². The molecule has 0 bridgehead atoms. The summed E-state index contributed by atoms with van der Waals surface area (Å²) in [4.78, 5) is 22.3. The van der Waals surface area contributed by atoms with Crippen LogP contribution in [0.25, 0.3) is 0 Å². The highest BCUT2D eigenvalue weighted by Crippen LogP contribution is 2.14. The molecule has 1 amide bonds. The number of benzene rings is 2. The predicted octanol–water partition coefficient (Wildman–Crippen LogP) is 1.79. The first-order valence-electron chi connectivity index (χ1n) is 6.08. The molecular weight excluding hydrogens is 290 g/mol. The zero-order valence-electron chi connectivity index (χ0n) is 11.0. The lowest BCUT2D eigenvalue weighted by Gasteiger charge is -2.04. The van der Waals surface area contributed by atoms with Crippen molar-refractivity contribution in [3.8, 4) is 0 Å². The molecular formula is C15H13NO4S. The van der Waals surface area contributed by atoms with Gasteiger partial charge in [-0.15, -0.1) is 0 Å². The van der Waals surface area contributed by atoms with E-state index in [-0.39, 0.29) is 11.3 Å². The van der Waals surface area contributed by atoms with E-state index < -0.39 is 22.7 Å². The molecule has 0 spiro atoms. The Bertz CT molecular complexity index is 693. The van der Waals surface area contributed by atoms with E-state index in [4.69, 9.17) is 10.8 Å². The number of primary amides is 1. The highest BCUT2D eigenvalue weighted by atomic mass is 32.2. The monoisotopic (exact) mass is 303 g/mol. The Kier molecular flexibility index (Phi) is 4.49. The predicted molar refractivity (Wildman–Crippen MR) is 78.5 cm³/mol. The summed E-state index contributed by atoms with van der Waals surface area (Å²) in [6.45, 7) is 0. The molecule has 1 atom stereocenters. The molecule has 6 heteroatoms. The van der Waals surface area contributed by atoms with Gasteiger partial charge in [0, 0.05) is 10.5 Å². The molecule has 2 rings (SSSR count). The largest absolute Gasteiger partial charge is 0.478 e. The van der Waals surface area contributed by atoms with Crippen LogP contribution in [0.2, 0.25) is 0 Å². The highest BCUT2D eigenvalue weighted by molar-refractivity contribution is 7.84. The van der Waals surface area contributed by atoms with Crippen molar-refractivity contribution in [2.45, 2.75) is 10.6 Å². The van der Waals surface area contributed by atoms with Crippen LogP contribution in [0.1, 0.15) is 26.3 Å². The maximum Gasteiger partial charge on any atom is 0.335 e. The van der Waals surface area contributed by atoms with E-state index >= 15 is 0 Å². The number of carbonyl (C=O) groups excluding carboxylic acids is 1. The van der Waals surface area contributed by atoms with Crippen molar-refractivity contribution in [1.82, 2.24) is 0 Å². The number of carboxylic acid groups (broad SMARTS) is 1. The van der Waals surface area contributed by atoms with Gasteiger partial charge in [-0.2, -0.15) is 0 Å². The minimum atomic E-state index is -1.28. The molecule has 0 fully saturated rings. The van der Waals surface area contributed by atoms with Gasteiger partial charge in [0.05, 0.1) is 22.1 Å². The zero-order valence-corrected chi connectivity index (χ0v) is 11.8. The number of hydrogen-bond donors (Lipinski definition) is 2. The van der Waals surface area contributed by atoms with Crippen LogP contribution in [-0.2, 0) is 16.6 Å². The van der Waals surface area contributed by atoms with Crippen molar-refractivity contribution in [3.05, 3.63) is 65.2 Å². The third kappa shape index (κ3) is 3.76. The number of rotatable bonds is 5. The van der Waals surface area contributed by atoms with E-state index in [0.29, 0.717) is 10.5 Å². The highest BCUT2D eigenvalue weighted by Gasteiger charge is 2.08. The standard InChI is InChI=1S/C15H13NO4S/c16-14(17)11-3-1-10(2-4-11)9-21(20)13-7-5-12(6-8-13)15(18)19/h1-8H,9H2,(H2,16,17)(H,18,19). The molecule has 0 aromatic heterocycles. The van der Waals surface area contributed by atoms with Crippen LogP contribution < -0.4 is 5.73 Å². The van der Waals surface area contributed by atoms with Crippen LogP contribution in [0.15, 0.2) is 53.4 Å². The third-order valence-electron chi connectivity index (χ3n) is 2.90. The molecule has 1 unspecified atom stereocenters. The molecule has 0 heterocycles. The summed E-state index contributed by atoms with van der Waals surface area (Å²) in [6, 6.07) is 12.5. The number of amides is 1. The molecule has 3 N–H and O–H groups in total. The molecule has 0 aliphatic heterocycles. The third-order valence-corrected chi connectivity index (χ3v) is 4.29. The summed E-state index contributed by atoms with van der Waals surface area (Å²) in [5.41, 5.74) is 6.51. The molecule has 2 aromatic carbocycles. The Morgan fingerprint density at radius 3 is 1.95 bits per heavy atom. The van der Waals surface area contributed by atoms with E-state index in [1.165, 1.54) is 24.3 Å². The second-order valence-electron chi connectivity index (χ2n) is 4.38. The van der Waals surface area contributed by atoms with E-state index in [0.717, 1.165) is 5.56 Å². The van der Waals surface area contributed by atoms with E-state index in [2.05, 4.69) is 0 Å². The van der Waals surface area contributed by atoms with E-state index in [9.17, 15) is 13.8 Å². The topological polar surface area (TPSA) is 97.5 Å². The van der Waals surface area contributed by atoms with Gasteiger partial charge in [-0.05, 0) is 42.0 Å². The minimum Gasteiger partial charge on any atom is -0.478 e. The molecule has 5 nitrogen and oxygen atoms in total. The lowest BCUT2D eigenvalue weighted by molar-refractivity contribution is 0.0696. The van der Waals surface area contributed by atoms with E-state index in [1.54, 1.807) is 24.3 Å². The molecule has 0 saturated heterocycles. The summed E-state index contributed by atoms with van der Waals surface area (Å²) < 4.78 is 12.2. The van der Waals surface area contributed by atoms with Crippen molar-refractivity contribution >= 4 is 22.7 Å². The van der Waals surface area contributed by atoms with Crippen molar-refractivity contribution in [2.24, 2.45) is 5.73 Å². The Morgan fingerprint density at radius 2 is 1.48 bits per heavy atom. The van der Waals surface area contributed by atoms with Gasteiger partial charge in [0.15, 0.2) is 0 Å². The van der Waals surface area contributed by atoms with Gasteiger partial charge in [0.2, 0.25) is 5.91 Å². The molecule has 108 valence electrons. The summed E-state index contributed by atoms with van der Waals surface area (Å²) in [5, 5.41) is 8.81. The van der Waals surface area contributed by atoms with Gasteiger partial charge < -0.3 is 10.8 Å². The maximum atomic E-state index is 12.2. The Labute approximate surface area is 123 Å². The Morgan fingerprint density at radius 1 is 0.952 bits per heavy atom. The summed E-state index contributed by atoms with van der Waals surface area (Å²) >= 11 is 0. The number of nitrogens with two attached hydrogens (primary N) is 1. The molecule has 0 saturated carbocycles. The molecule has 21 heavy (non-hydrogen) atoms. The van der Waals surface area contributed by atoms with Gasteiger partial charge in [0.25, 0.3) is 0 Å². The van der Waals surface area contributed by atoms with Crippen molar-refractivity contribution in [2.75, 3.05) is 0 Å². The lowest BCUT2D eigenvalue weighted by Crippen LogP contribution is -2.10. The fourth-order valence-corrected chi connectivity index (χ4v) is 2.85. The van der Waals surface area contributed by atoms with Crippen LogP contribution in [0.4, 0.5) is 0 Å². The van der Waals surface area contributed by atoms with Gasteiger partial charge >= 0.3 is 5.97 Å². The van der Waals surface area contributed by atoms with Crippen LogP contribution in [-0.4, -0.2) is 21.2 Å². The number of hydrogen-bond acceptors (Lipinski definition) is 3. The fraction of sp³-hybridized carbons (Fsp3) is 0.0667. The first-order chi connectivity index (χ1) is 9.97. The SMILES string of the molecule is NC(=O)c1ccc(CS(=O)c2ccc(C(=O)O)cc2)cc1. The van der Waals surface area contributed by atoms with Crippen molar-refractivity contribution < 1.29 is 18.9 Å². The number of aromatic carboxylic acids is 1. The molecule has 0 aliphatic rings. The van der Waals surface area contributed by atoms with Crippen LogP contribution >= 0.6 is 0 Å². The van der Waals surface area contributed by atoms with Crippen LogP contribution in [0.5, 0.6) is 0 Å². The molecule has 0 aliphatic carbocycles. The average Bonchev–Trinajstić information content (AvgIpc) is 2.47. The Hall–Kier alpha value is -2.47. The number of carbonyl (C=O) groups is 2. The first-order valence-corrected chi connectivity index (χ1v) is 7.40. The van der Waals surface area contributed by atoms with Crippen LogP contribution in [0.3, 0.4) is 0 Å². The summed E-state index contributed by atoms with van der Waals surface area (Å²) in [5.74, 6) is -1.24. The van der Waals surface area contributed by atoms with Gasteiger partial charge in [-0.1, -0.05) is 12.1 Å². The minimum absolute atomic E-state index is 0.154. The first kappa shape index (κ1) is 14.9.